The second kappa shape index (κ2) is 8.91. The van der Waals surface area contributed by atoms with Crippen LogP contribution in [0, 0.1) is 9.97 Å². The molecule has 0 saturated carbocycles. The highest BCUT2D eigenvalue weighted by atomic mass is 35.5. The van der Waals surface area contributed by atoms with Crippen molar-refractivity contribution in [1.82, 2.24) is 0 Å². The Morgan fingerprint density at radius 1 is 1.33 bits per heavy atom. The van der Waals surface area contributed by atoms with Gasteiger partial charge in [-0.1, -0.05) is 0 Å². The highest BCUT2D eigenvalue weighted by Crippen LogP contribution is 1.94. The van der Waals surface area contributed by atoms with E-state index >= 15 is 0 Å². The molecular weight excluding hydrogens is 167 g/mol. The van der Waals surface area contributed by atoms with E-state index in [4.69, 9.17) is 20.7 Å². The van der Waals surface area contributed by atoms with Crippen molar-refractivity contribution in [2.45, 2.75) is 19.3 Å². The number of unbranched alkanes of at least 4 members (excludes halogenated alkanes) is 2. The van der Waals surface area contributed by atoms with Crippen LogP contribution in [0.4, 0.5) is 0 Å². The molecule has 0 N–H and O–H groups in total. The Labute approximate surface area is 74.8 Å². The average molecular weight is 175 g/mol. The van der Waals surface area contributed by atoms with Crippen LogP contribution in [0.3, 0.4) is 0 Å². The summed E-state index contributed by atoms with van der Waals surface area (Å²) in [6.45, 7) is 0. The molecule has 0 radical (unpaired) electrons. The van der Waals surface area contributed by atoms with Crippen molar-refractivity contribution in [3.63, 3.8) is 0 Å². The zero-order chi connectivity index (χ0) is 6.95. The van der Waals surface area contributed by atoms with Gasteiger partial charge in [-0.15, -0.1) is 17.5 Å². The summed E-state index contributed by atoms with van der Waals surface area (Å²) in [6, 6.07) is 0. The maximum atomic E-state index is 5.45. The van der Waals surface area contributed by atoms with Crippen LogP contribution in [0.15, 0.2) is 0 Å². The van der Waals surface area contributed by atoms with Crippen molar-refractivity contribution in [3.8, 4) is 9.97 Å². The summed E-state index contributed by atoms with van der Waals surface area (Å²) >= 11 is 4.91. The van der Waals surface area contributed by atoms with Gasteiger partial charge in [-0.3, -0.25) is 0 Å². The molecule has 3 heteroatoms. The number of halogens is 2. The van der Waals surface area contributed by atoms with E-state index in [0.29, 0.717) is 0 Å². The topological polar surface area (TPSA) is 0 Å². The lowest BCUT2D eigenvalue weighted by molar-refractivity contribution is 0.834. The molecule has 0 aliphatic heterocycles. The number of rotatable bonds is 3. The van der Waals surface area contributed by atoms with E-state index in [9.17, 15) is 0 Å². The molecule has 0 spiro atoms. The van der Waals surface area contributed by atoms with Gasteiger partial charge in [-0.05, 0) is 12.8 Å². The maximum Gasteiger partial charge on any atom is 0.598 e. The summed E-state index contributed by atoms with van der Waals surface area (Å²) in [5.41, 5.74) is 0. The SMILES string of the molecule is ClCCCCC#[C][Mg][Cl]. The van der Waals surface area contributed by atoms with Crippen LogP contribution in [-0.4, -0.2) is 25.1 Å². The molecular formula is C6H8Cl2Mg. The van der Waals surface area contributed by atoms with Gasteiger partial charge in [-0.25, -0.2) is 4.05 Å². The van der Waals surface area contributed by atoms with Gasteiger partial charge >= 0.3 is 19.3 Å². The molecule has 0 rings (SSSR count). The minimum atomic E-state index is -0.542. The summed E-state index contributed by atoms with van der Waals surface area (Å²) in [5.74, 6) is 3.74. The van der Waals surface area contributed by atoms with Crippen molar-refractivity contribution >= 4 is 39.9 Å². The average Bonchev–Trinajstić information content (AvgIpc) is 1.89. The molecule has 48 valence electrons. The molecule has 0 aliphatic carbocycles. The molecule has 0 aromatic rings. The fraction of sp³-hybridized carbons (Fsp3) is 0.667. The summed E-state index contributed by atoms with van der Waals surface area (Å²) in [7, 11) is 5.45. The molecule has 0 heterocycles. The van der Waals surface area contributed by atoms with Crippen molar-refractivity contribution in [2.24, 2.45) is 0 Å². The van der Waals surface area contributed by atoms with Crippen LogP contribution < -0.4 is 0 Å². The third-order valence-corrected chi connectivity index (χ3v) is 1.93. The lowest BCUT2D eigenvalue weighted by atomic mass is 10.3. The van der Waals surface area contributed by atoms with E-state index in [-0.39, 0.29) is 0 Å². The standard InChI is InChI=1S/C6H8Cl.ClH.Mg/c1-2-3-4-5-6-7;;/h3-6H2;1H;/q;;+1/p-1. The molecule has 0 fully saturated rings. The third kappa shape index (κ3) is 8.91. The molecule has 0 bridgehead atoms. The Balaban J connectivity index is 2.90. The predicted molar refractivity (Wildman–Crippen MR) is 44.0 cm³/mol. The van der Waals surface area contributed by atoms with Crippen LogP contribution in [0.25, 0.3) is 0 Å². The minimum absolute atomic E-state index is 0.542. The highest BCUT2D eigenvalue weighted by Gasteiger charge is 1.81. The van der Waals surface area contributed by atoms with Gasteiger partial charge < -0.3 is 9.07 Å². The Morgan fingerprint density at radius 2 is 2.11 bits per heavy atom. The van der Waals surface area contributed by atoms with Gasteiger partial charge in [0, 0.05) is 12.3 Å². The van der Waals surface area contributed by atoms with Gasteiger partial charge in [0.25, 0.3) is 0 Å². The first kappa shape index (κ1) is 9.91. The number of alkyl halides is 1. The Hall–Kier alpha value is 0.906. The fourth-order valence-electron chi connectivity index (χ4n) is 0.444. The van der Waals surface area contributed by atoms with Gasteiger partial charge in [0.05, 0.1) is 0 Å². The minimum Gasteiger partial charge on any atom is -0.316 e. The van der Waals surface area contributed by atoms with Crippen LogP contribution in [0.5, 0.6) is 0 Å². The molecule has 0 aromatic carbocycles. The van der Waals surface area contributed by atoms with E-state index in [1.165, 1.54) is 0 Å². The van der Waals surface area contributed by atoms with E-state index in [0.717, 1.165) is 25.1 Å². The van der Waals surface area contributed by atoms with Gasteiger partial charge in [0.15, 0.2) is 0 Å². The second-order valence-corrected chi connectivity index (χ2v) is 3.43. The zero-order valence-electron chi connectivity index (χ0n) is 5.29. The van der Waals surface area contributed by atoms with Crippen LogP contribution in [0.2, 0.25) is 0 Å². The molecule has 0 saturated heterocycles. The van der Waals surface area contributed by atoms with E-state index in [1.807, 2.05) is 0 Å². The van der Waals surface area contributed by atoms with Crippen LogP contribution >= 0.6 is 20.7 Å². The first-order valence-corrected chi connectivity index (χ1v) is 6.37. The second-order valence-electron chi connectivity index (χ2n) is 1.63. The lowest BCUT2D eigenvalue weighted by Gasteiger charge is -1.86. The highest BCUT2D eigenvalue weighted by molar-refractivity contribution is 6.98. The summed E-state index contributed by atoms with van der Waals surface area (Å²) in [6.07, 6.45) is 3.15. The molecule has 0 unspecified atom stereocenters. The van der Waals surface area contributed by atoms with Crippen molar-refractivity contribution in [1.29, 1.82) is 0 Å². The van der Waals surface area contributed by atoms with Crippen molar-refractivity contribution in [3.05, 3.63) is 0 Å². The van der Waals surface area contributed by atoms with Gasteiger partial charge in [-0.2, -0.15) is 0 Å². The zero-order valence-corrected chi connectivity index (χ0v) is 8.22. The lowest BCUT2D eigenvalue weighted by Crippen LogP contribution is -1.75. The first-order valence-electron chi connectivity index (χ1n) is 2.99. The normalized spacial score (nSPS) is 7.33. The monoisotopic (exact) mass is 174 g/mol. The number of hydrogen-bond donors (Lipinski definition) is 0. The quantitative estimate of drug-likeness (QED) is 0.267. The summed E-state index contributed by atoms with van der Waals surface area (Å²) < 4.78 is 2.92. The Kier molecular flexibility index (Phi) is 9.80. The first-order chi connectivity index (χ1) is 4.41. The van der Waals surface area contributed by atoms with Crippen molar-refractivity contribution in [2.75, 3.05) is 5.88 Å². The van der Waals surface area contributed by atoms with E-state index < -0.39 is 19.3 Å². The molecule has 0 aliphatic rings. The van der Waals surface area contributed by atoms with Crippen LogP contribution in [-0.2, 0) is 0 Å². The molecule has 0 atom stereocenters. The van der Waals surface area contributed by atoms with Gasteiger partial charge in [0.1, 0.15) is 0 Å². The third-order valence-electron chi connectivity index (χ3n) is 0.877. The fourth-order valence-corrected chi connectivity index (χ4v) is 1.19. The summed E-state index contributed by atoms with van der Waals surface area (Å²) in [4.78, 5) is 0. The van der Waals surface area contributed by atoms with E-state index in [2.05, 4.69) is 9.97 Å². The molecule has 0 aromatic heterocycles. The Bertz CT molecular complexity index is 103. The maximum absolute atomic E-state index is 5.45. The molecule has 0 nitrogen and oxygen atoms in total. The molecule has 0 amide bonds. The van der Waals surface area contributed by atoms with Gasteiger partial charge in [0.2, 0.25) is 0 Å². The van der Waals surface area contributed by atoms with Crippen molar-refractivity contribution < 1.29 is 0 Å². The van der Waals surface area contributed by atoms with Crippen LogP contribution in [0.1, 0.15) is 19.3 Å². The summed E-state index contributed by atoms with van der Waals surface area (Å²) in [5, 5.41) is 0. The predicted octanol–water partition coefficient (Wildman–Crippen LogP) is 2.21. The Morgan fingerprint density at radius 3 is 2.67 bits per heavy atom. The number of hydrogen-bond acceptors (Lipinski definition) is 0. The molecule has 9 heavy (non-hydrogen) atoms. The van der Waals surface area contributed by atoms with E-state index in [1.54, 1.807) is 0 Å². The largest absolute Gasteiger partial charge is 0.598 e. The smallest absolute Gasteiger partial charge is 0.316 e.